The van der Waals surface area contributed by atoms with Gasteiger partial charge in [-0.1, -0.05) is 18.7 Å². The summed E-state index contributed by atoms with van der Waals surface area (Å²) < 4.78 is 10.9. The molecule has 1 aliphatic heterocycles. The number of aromatic nitrogens is 2. The molecule has 140 valence electrons. The number of hydrogen-bond donors (Lipinski definition) is 0. The molecule has 1 fully saturated rings. The lowest BCUT2D eigenvalue weighted by Gasteiger charge is -2.36. The Labute approximate surface area is 158 Å². The molecule has 1 aliphatic rings. The number of ether oxygens (including phenoxy) is 1. The first kappa shape index (κ1) is 18.8. The Kier molecular flexibility index (Phi) is 6.19. The van der Waals surface area contributed by atoms with Crippen molar-refractivity contribution < 1.29 is 13.9 Å². The van der Waals surface area contributed by atoms with Crippen LogP contribution in [0.25, 0.3) is 11.5 Å². The van der Waals surface area contributed by atoms with Crippen LogP contribution in [0.15, 0.2) is 33.9 Å². The van der Waals surface area contributed by atoms with Crippen molar-refractivity contribution in [3.63, 3.8) is 0 Å². The molecule has 0 aliphatic carbocycles. The van der Waals surface area contributed by atoms with Crippen molar-refractivity contribution in [1.29, 1.82) is 0 Å². The Morgan fingerprint density at radius 1 is 1.35 bits per heavy atom. The van der Waals surface area contributed by atoms with Crippen molar-refractivity contribution in [3.8, 4) is 17.2 Å². The maximum Gasteiger partial charge on any atom is 0.277 e. The van der Waals surface area contributed by atoms with E-state index in [-0.39, 0.29) is 11.2 Å². The Morgan fingerprint density at radius 2 is 2.12 bits per heavy atom. The van der Waals surface area contributed by atoms with E-state index in [2.05, 4.69) is 17.1 Å². The fourth-order valence-electron chi connectivity index (χ4n) is 3.26. The fourth-order valence-corrected chi connectivity index (χ4v) is 4.01. The van der Waals surface area contributed by atoms with Gasteiger partial charge in [0.15, 0.2) is 0 Å². The maximum atomic E-state index is 12.8. The van der Waals surface area contributed by atoms with Crippen LogP contribution in [-0.2, 0) is 4.79 Å². The smallest absolute Gasteiger partial charge is 0.277 e. The van der Waals surface area contributed by atoms with E-state index in [1.165, 1.54) is 18.2 Å². The molecular formula is C19H25N3O3S. The molecule has 1 aromatic heterocycles. The maximum absolute atomic E-state index is 12.8. The highest BCUT2D eigenvalue weighted by molar-refractivity contribution is 8.00. The second-order valence-corrected chi connectivity index (χ2v) is 7.74. The summed E-state index contributed by atoms with van der Waals surface area (Å²) in [6.07, 6.45) is 4.40. The van der Waals surface area contributed by atoms with Gasteiger partial charge in [-0.15, -0.1) is 10.2 Å². The van der Waals surface area contributed by atoms with E-state index < -0.39 is 0 Å². The van der Waals surface area contributed by atoms with Gasteiger partial charge in [-0.25, -0.2) is 0 Å². The minimum absolute atomic E-state index is 0.158. The molecule has 0 bridgehead atoms. The standard InChI is InChI=1S/C19H25N3O3S/c1-4-15-7-5-6-12-22(15)18(23)13(2)26-19-21-20-17(25-19)14-8-10-16(24-3)11-9-14/h8-11,13,15H,4-7,12H2,1-3H3. The number of hydrogen-bond acceptors (Lipinski definition) is 6. The van der Waals surface area contributed by atoms with Gasteiger partial charge in [-0.05, 0) is 56.9 Å². The van der Waals surface area contributed by atoms with E-state index in [9.17, 15) is 4.79 Å². The molecule has 2 unspecified atom stereocenters. The summed E-state index contributed by atoms with van der Waals surface area (Å²) in [6.45, 7) is 4.90. The molecule has 26 heavy (non-hydrogen) atoms. The number of rotatable bonds is 6. The van der Waals surface area contributed by atoms with Crippen molar-refractivity contribution >= 4 is 17.7 Å². The van der Waals surface area contributed by atoms with Gasteiger partial charge >= 0.3 is 0 Å². The molecule has 7 heteroatoms. The van der Waals surface area contributed by atoms with E-state index in [1.807, 2.05) is 36.1 Å². The fraction of sp³-hybridized carbons (Fsp3) is 0.526. The summed E-state index contributed by atoms with van der Waals surface area (Å²) in [7, 11) is 1.63. The van der Waals surface area contributed by atoms with Crippen LogP contribution in [0.5, 0.6) is 5.75 Å². The van der Waals surface area contributed by atoms with Crippen LogP contribution < -0.4 is 4.74 Å². The molecule has 2 aromatic rings. The van der Waals surface area contributed by atoms with E-state index in [1.54, 1.807) is 7.11 Å². The van der Waals surface area contributed by atoms with Crippen LogP contribution in [0, 0.1) is 0 Å². The molecule has 0 saturated carbocycles. The number of nitrogens with zero attached hydrogens (tertiary/aromatic N) is 3. The molecule has 1 saturated heterocycles. The third kappa shape index (κ3) is 4.20. The lowest BCUT2D eigenvalue weighted by Crippen LogP contribution is -2.46. The predicted octanol–water partition coefficient (Wildman–Crippen LogP) is 4.02. The number of carbonyl (C=O) groups excluding carboxylic acids is 1. The van der Waals surface area contributed by atoms with Crippen LogP contribution in [-0.4, -0.2) is 46.0 Å². The Morgan fingerprint density at radius 3 is 2.81 bits per heavy atom. The van der Waals surface area contributed by atoms with Gasteiger partial charge < -0.3 is 14.1 Å². The van der Waals surface area contributed by atoms with E-state index in [0.717, 1.165) is 37.1 Å². The van der Waals surface area contributed by atoms with Crippen molar-refractivity contribution in [2.75, 3.05) is 13.7 Å². The first-order valence-corrected chi connectivity index (χ1v) is 9.95. The van der Waals surface area contributed by atoms with E-state index >= 15 is 0 Å². The predicted molar refractivity (Wildman–Crippen MR) is 101 cm³/mol. The second kappa shape index (κ2) is 8.58. The largest absolute Gasteiger partial charge is 0.497 e. The summed E-state index contributed by atoms with van der Waals surface area (Å²) in [4.78, 5) is 14.9. The summed E-state index contributed by atoms with van der Waals surface area (Å²) in [5.74, 6) is 1.37. The first-order chi connectivity index (χ1) is 12.6. The van der Waals surface area contributed by atoms with Crippen LogP contribution in [0.1, 0.15) is 39.5 Å². The molecule has 2 heterocycles. The topological polar surface area (TPSA) is 68.5 Å². The molecule has 1 amide bonds. The van der Waals surface area contributed by atoms with Gasteiger partial charge in [0.25, 0.3) is 5.22 Å². The molecule has 6 nitrogen and oxygen atoms in total. The van der Waals surface area contributed by atoms with Crippen LogP contribution in [0.2, 0.25) is 0 Å². The quantitative estimate of drug-likeness (QED) is 0.711. The zero-order valence-electron chi connectivity index (χ0n) is 15.5. The lowest BCUT2D eigenvalue weighted by atomic mass is 10.00. The minimum Gasteiger partial charge on any atom is -0.497 e. The van der Waals surface area contributed by atoms with Gasteiger partial charge in [0.2, 0.25) is 11.8 Å². The highest BCUT2D eigenvalue weighted by Crippen LogP contribution is 2.29. The number of thioether (sulfide) groups is 1. The average molecular weight is 375 g/mol. The van der Waals surface area contributed by atoms with Gasteiger partial charge in [-0.3, -0.25) is 4.79 Å². The normalized spacial score (nSPS) is 18.6. The number of methoxy groups -OCH3 is 1. The zero-order valence-corrected chi connectivity index (χ0v) is 16.3. The van der Waals surface area contributed by atoms with E-state index in [0.29, 0.717) is 17.2 Å². The van der Waals surface area contributed by atoms with Crippen molar-refractivity contribution in [1.82, 2.24) is 15.1 Å². The molecule has 0 radical (unpaired) electrons. The third-order valence-corrected chi connectivity index (χ3v) is 5.67. The highest BCUT2D eigenvalue weighted by Gasteiger charge is 2.30. The molecule has 2 atom stereocenters. The number of benzene rings is 1. The molecule has 0 N–H and O–H groups in total. The molecule has 0 spiro atoms. The summed E-state index contributed by atoms with van der Waals surface area (Å²) in [6, 6.07) is 7.79. The van der Waals surface area contributed by atoms with Crippen molar-refractivity contribution in [2.24, 2.45) is 0 Å². The lowest BCUT2D eigenvalue weighted by molar-refractivity contribution is -0.134. The van der Waals surface area contributed by atoms with Crippen LogP contribution in [0.3, 0.4) is 0 Å². The monoisotopic (exact) mass is 375 g/mol. The number of amides is 1. The second-order valence-electron chi connectivity index (χ2n) is 6.45. The van der Waals surface area contributed by atoms with E-state index in [4.69, 9.17) is 9.15 Å². The average Bonchev–Trinajstić information content (AvgIpc) is 3.15. The number of likely N-dealkylation sites (tertiary alicyclic amines) is 1. The van der Waals surface area contributed by atoms with Gasteiger partial charge in [0, 0.05) is 18.2 Å². The molecule has 3 rings (SSSR count). The SMILES string of the molecule is CCC1CCCCN1C(=O)C(C)Sc1nnc(-c2ccc(OC)cc2)o1. The van der Waals surface area contributed by atoms with Crippen LogP contribution in [0.4, 0.5) is 0 Å². The zero-order chi connectivity index (χ0) is 18.5. The van der Waals surface area contributed by atoms with Gasteiger partial charge in [0.1, 0.15) is 5.75 Å². The summed E-state index contributed by atoms with van der Waals surface area (Å²) in [5.41, 5.74) is 0.825. The molecular weight excluding hydrogens is 350 g/mol. The Balaban J connectivity index is 1.65. The minimum atomic E-state index is -0.244. The van der Waals surface area contributed by atoms with Crippen molar-refractivity contribution in [2.45, 2.75) is 56.0 Å². The number of piperidine rings is 1. The summed E-state index contributed by atoms with van der Waals surface area (Å²) >= 11 is 1.32. The molecule has 1 aromatic carbocycles. The highest BCUT2D eigenvalue weighted by atomic mass is 32.2. The third-order valence-electron chi connectivity index (χ3n) is 4.75. The first-order valence-electron chi connectivity index (χ1n) is 9.07. The summed E-state index contributed by atoms with van der Waals surface area (Å²) in [5, 5.41) is 8.36. The Hall–Kier alpha value is -2.02. The number of carbonyl (C=O) groups is 1. The van der Waals surface area contributed by atoms with Crippen LogP contribution >= 0.6 is 11.8 Å². The van der Waals surface area contributed by atoms with Crippen molar-refractivity contribution in [3.05, 3.63) is 24.3 Å². The van der Waals surface area contributed by atoms with Gasteiger partial charge in [-0.2, -0.15) is 0 Å². The van der Waals surface area contributed by atoms with Gasteiger partial charge in [0.05, 0.1) is 12.4 Å². The Bertz CT molecular complexity index is 732.